The summed E-state index contributed by atoms with van der Waals surface area (Å²) in [7, 11) is 0. The number of carbonyl (C=O) groups excluding carboxylic acids is 1. The van der Waals surface area contributed by atoms with Crippen LogP contribution in [0.1, 0.15) is 77.0 Å². The summed E-state index contributed by atoms with van der Waals surface area (Å²) in [6.07, 6.45) is 11.8. The number of unbranched alkanes of at least 4 members (excludes halogenated alkanes) is 9. The van der Waals surface area contributed by atoms with Crippen LogP contribution in [0.5, 0.6) is 0 Å². The van der Waals surface area contributed by atoms with Crippen LogP contribution in [0.3, 0.4) is 0 Å². The Labute approximate surface area is 123 Å². The summed E-state index contributed by atoms with van der Waals surface area (Å²) >= 11 is 0. The van der Waals surface area contributed by atoms with Gasteiger partial charge in [0, 0.05) is 19.6 Å². The molecule has 0 fully saturated rings. The predicted octanol–water partition coefficient (Wildman–Crippen LogP) is 3.20. The third kappa shape index (κ3) is 15.4. The number of aliphatic hydroxyl groups is 2. The maximum Gasteiger partial charge on any atom is 0.305 e. The summed E-state index contributed by atoms with van der Waals surface area (Å²) in [5.41, 5.74) is 0. The van der Waals surface area contributed by atoms with E-state index in [0.29, 0.717) is 13.0 Å². The van der Waals surface area contributed by atoms with Gasteiger partial charge < -0.3 is 14.9 Å². The lowest BCUT2D eigenvalue weighted by Gasteiger charge is -2.05. The van der Waals surface area contributed by atoms with E-state index >= 15 is 0 Å². The van der Waals surface area contributed by atoms with Crippen LogP contribution in [0.25, 0.3) is 0 Å². The van der Waals surface area contributed by atoms with E-state index in [2.05, 4.69) is 0 Å². The van der Waals surface area contributed by atoms with Crippen LogP contribution in [-0.4, -0.2) is 36.0 Å². The molecule has 0 rings (SSSR count). The monoisotopic (exact) mass is 288 g/mol. The zero-order valence-electron chi connectivity index (χ0n) is 12.8. The van der Waals surface area contributed by atoms with Crippen LogP contribution in [0.2, 0.25) is 0 Å². The Morgan fingerprint density at radius 2 is 1.10 bits per heavy atom. The molecule has 0 bridgehead atoms. The lowest BCUT2D eigenvalue weighted by Crippen LogP contribution is -2.05. The minimum absolute atomic E-state index is 0.0734. The minimum atomic E-state index is -0.0734. The largest absolute Gasteiger partial charge is 0.466 e. The van der Waals surface area contributed by atoms with Crippen molar-refractivity contribution in [3.05, 3.63) is 0 Å². The Balaban J connectivity index is 3.13. The van der Waals surface area contributed by atoms with Gasteiger partial charge in [0.15, 0.2) is 0 Å². The van der Waals surface area contributed by atoms with Crippen LogP contribution in [-0.2, 0) is 9.53 Å². The van der Waals surface area contributed by atoms with Gasteiger partial charge in [-0.25, -0.2) is 0 Å². The molecule has 0 aromatic carbocycles. The van der Waals surface area contributed by atoms with Crippen LogP contribution < -0.4 is 0 Å². The molecule has 0 spiro atoms. The molecule has 0 aliphatic carbocycles. The van der Waals surface area contributed by atoms with Crippen molar-refractivity contribution >= 4 is 5.97 Å². The normalized spacial score (nSPS) is 10.7. The Bertz CT molecular complexity index is 187. The highest BCUT2D eigenvalue weighted by molar-refractivity contribution is 5.69. The average Bonchev–Trinajstić information content (AvgIpc) is 2.45. The quantitative estimate of drug-likeness (QED) is 0.359. The molecule has 0 heterocycles. The first kappa shape index (κ1) is 19.4. The molecule has 0 aromatic heterocycles. The molecule has 0 saturated heterocycles. The van der Waals surface area contributed by atoms with Gasteiger partial charge in [-0.3, -0.25) is 4.79 Å². The number of rotatable bonds is 15. The first-order valence-electron chi connectivity index (χ1n) is 8.18. The summed E-state index contributed by atoms with van der Waals surface area (Å²) in [6, 6.07) is 0. The topological polar surface area (TPSA) is 66.8 Å². The highest BCUT2D eigenvalue weighted by atomic mass is 16.5. The van der Waals surface area contributed by atoms with Crippen LogP contribution in [0, 0.1) is 0 Å². The van der Waals surface area contributed by atoms with Crippen molar-refractivity contribution in [2.75, 3.05) is 19.8 Å². The summed E-state index contributed by atoms with van der Waals surface area (Å²) in [5, 5.41) is 17.3. The van der Waals surface area contributed by atoms with Crippen molar-refractivity contribution in [2.45, 2.75) is 77.0 Å². The smallest absolute Gasteiger partial charge is 0.305 e. The van der Waals surface area contributed by atoms with E-state index in [9.17, 15) is 4.79 Å². The molecule has 0 aromatic rings. The molecule has 120 valence electrons. The van der Waals surface area contributed by atoms with Crippen molar-refractivity contribution in [2.24, 2.45) is 0 Å². The minimum Gasteiger partial charge on any atom is -0.466 e. The van der Waals surface area contributed by atoms with E-state index in [1.165, 1.54) is 0 Å². The van der Waals surface area contributed by atoms with Crippen LogP contribution >= 0.6 is 0 Å². The lowest BCUT2D eigenvalue weighted by molar-refractivity contribution is -0.143. The molecule has 0 atom stereocenters. The van der Waals surface area contributed by atoms with Crippen LogP contribution in [0.15, 0.2) is 0 Å². The number of carbonyl (C=O) groups is 1. The number of esters is 1. The van der Waals surface area contributed by atoms with Gasteiger partial charge in [0.1, 0.15) is 0 Å². The van der Waals surface area contributed by atoms with E-state index in [1.807, 2.05) is 0 Å². The molecular formula is C16H32O4. The van der Waals surface area contributed by atoms with Gasteiger partial charge in [-0.2, -0.15) is 0 Å². The maximum absolute atomic E-state index is 11.4. The third-order valence-electron chi connectivity index (χ3n) is 3.35. The third-order valence-corrected chi connectivity index (χ3v) is 3.35. The second-order valence-electron chi connectivity index (χ2n) is 5.31. The Kier molecular flexibility index (Phi) is 15.9. The zero-order valence-corrected chi connectivity index (χ0v) is 12.8. The molecule has 0 aliphatic heterocycles. The first-order valence-corrected chi connectivity index (χ1v) is 8.18. The maximum atomic E-state index is 11.4. The van der Waals surface area contributed by atoms with Gasteiger partial charge in [-0.15, -0.1) is 0 Å². The average molecular weight is 288 g/mol. The lowest BCUT2D eigenvalue weighted by atomic mass is 10.1. The Morgan fingerprint density at radius 1 is 0.650 bits per heavy atom. The number of aliphatic hydroxyl groups excluding tert-OH is 2. The molecule has 0 unspecified atom stereocenters. The molecule has 0 saturated carbocycles. The van der Waals surface area contributed by atoms with Gasteiger partial charge in [0.2, 0.25) is 0 Å². The van der Waals surface area contributed by atoms with Crippen molar-refractivity contribution < 1.29 is 19.7 Å². The summed E-state index contributed by atoms with van der Waals surface area (Å²) in [6.45, 7) is 1.09. The molecule has 20 heavy (non-hydrogen) atoms. The van der Waals surface area contributed by atoms with E-state index in [-0.39, 0.29) is 19.2 Å². The summed E-state index contributed by atoms with van der Waals surface area (Å²) in [5.74, 6) is -0.0734. The van der Waals surface area contributed by atoms with Gasteiger partial charge in [-0.05, 0) is 25.7 Å². The fourth-order valence-corrected chi connectivity index (χ4v) is 2.09. The van der Waals surface area contributed by atoms with E-state index < -0.39 is 0 Å². The Morgan fingerprint density at radius 3 is 1.65 bits per heavy atom. The molecule has 2 N–H and O–H groups in total. The second-order valence-corrected chi connectivity index (χ2v) is 5.31. The highest BCUT2D eigenvalue weighted by Gasteiger charge is 2.02. The SMILES string of the molecule is O=C(CCCCCCCCO)OCCCCCCCO. The van der Waals surface area contributed by atoms with E-state index in [4.69, 9.17) is 14.9 Å². The zero-order chi connectivity index (χ0) is 14.9. The van der Waals surface area contributed by atoms with Crippen molar-refractivity contribution in [1.82, 2.24) is 0 Å². The standard InChI is InChI=1S/C16H32O4/c17-13-9-5-2-1-4-8-12-16(19)20-15-11-7-3-6-10-14-18/h17-18H,1-15H2. The Hall–Kier alpha value is -0.610. The number of hydrogen-bond donors (Lipinski definition) is 2. The van der Waals surface area contributed by atoms with Crippen molar-refractivity contribution in [3.63, 3.8) is 0 Å². The fraction of sp³-hybridized carbons (Fsp3) is 0.938. The second kappa shape index (κ2) is 16.4. The number of ether oxygens (including phenoxy) is 1. The summed E-state index contributed by atoms with van der Waals surface area (Å²) < 4.78 is 5.17. The summed E-state index contributed by atoms with van der Waals surface area (Å²) in [4.78, 5) is 11.4. The number of hydrogen-bond acceptors (Lipinski definition) is 4. The molecule has 0 amide bonds. The predicted molar refractivity (Wildman–Crippen MR) is 80.5 cm³/mol. The molecule has 4 nitrogen and oxygen atoms in total. The van der Waals surface area contributed by atoms with Crippen LogP contribution in [0.4, 0.5) is 0 Å². The van der Waals surface area contributed by atoms with Gasteiger partial charge >= 0.3 is 5.97 Å². The molecule has 0 radical (unpaired) electrons. The van der Waals surface area contributed by atoms with Crippen molar-refractivity contribution in [3.8, 4) is 0 Å². The molecule has 4 heteroatoms. The van der Waals surface area contributed by atoms with E-state index in [1.54, 1.807) is 0 Å². The first-order chi connectivity index (χ1) is 9.81. The highest BCUT2D eigenvalue weighted by Crippen LogP contribution is 2.08. The van der Waals surface area contributed by atoms with Gasteiger partial charge in [0.25, 0.3) is 0 Å². The van der Waals surface area contributed by atoms with Gasteiger partial charge in [-0.1, -0.05) is 44.9 Å². The van der Waals surface area contributed by atoms with E-state index in [0.717, 1.165) is 70.6 Å². The molecule has 0 aliphatic rings. The fourth-order valence-electron chi connectivity index (χ4n) is 2.09. The van der Waals surface area contributed by atoms with Crippen molar-refractivity contribution in [1.29, 1.82) is 0 Å². The molecular weight excluding hydrogens is 256 g/mol. The van der Waals surface area contributed by atoms with Gasteiger partial charge in [0.05, 0.1) is 6.61 Å².